The Hall–Kier alpha value is -2.48. The first kappa shape index (κ1) is 17.9. The number of nitrogens with one attached hydrogen (secondary N) is 3. The third-order valence-corrected chi connectivity index (χ3v) is 3.84. The minimum absolute atomic E-state index is 0.0197. The van der Waals surface area contributed by atoms with Crippen LogP contribution in [0.15, 0.2) is 12.1 Å². The van der Waals surface area contributed by atoms with Gasteiger partial charge in [0.1, 0.15) is 0 Å². The van der Waals surface area contributed by atoms with Crippen LogP contribution in [0, 0.1) is 0 Å². The second kappa shape index (κ2) is 8.39. The summed E-state index contributed by atoms with van der Waals surface area (Å²) < 4.78 is 15.9. The number of carbonyl (C=O) groups is 2. The van der Waals surface area contributed by atoms with E-state index in [9.17, 15) is 9.59 Å². The van der Waals surface area contributed by atoms with E-state index in [0.29, 0.717) is 36.9 Å². The van der Waals surface area contributed by atoms with E-state index >= 15 is 0 Å². The molecule has 1 atom stereocenters. The molecule has 0 radical (unpaired) electrons. The van der Waals surface area contributed by atoms with Crippen molar-refractivity contribution in [1.82, 2.24) is 10.6 Å². The molecular formula is C16H24N3O5+. The molecule has 2 amide bonds. The highest BCUT2D eigenvalue weighted by Gasteiger charge is 2.22. The van der Waals surface area contributed by atoms with E-state index in [1.54, 1.807) is 33.5 Å². The van der Waals surface area contributed by atoms with Crippen LogP contribution < -0.4 is 29.7 Å². The summed E-state index contributed by atoms with van der Waals surface area (Å²) in [7, 11) is 4.63. The lowest BCUT2D eigenvalue weighted by atomic mass is 10.1. The van der Waals surface area contributed by atoms with Gasteiger partial charge >= 0.3 is 0 Å². The van der Waals surface area contributed by atoms with Gasteiger partial charge in [-0.2, -0.15) is 0 Å². The van der Waals surface area contributed by atoms with E-state index < -0.39 is 0 Å². The number of benzene rings is 1. The summed E-state index contributed by atoms with van der Waals surface area (Å²) in [5.74, 6) is 1.47. The van der Waals surface area contributed by atoms with E-state index in [0.717, 1.165) is 17.0 Å². The van der Waals surface area contributed by atoms with Gasteiger partial charge < -0.3 is 29.7 Å². The van der Waals surface area contributed by atoms with Gasteiger partial charge in [0, 0.05) is 6.54 Å². The maximum Gasteiger partial charge on any atom is 0.275 e. The molecular weight excluding hydrogens is 314 g/mol. The van der Waals surface area contributed by atoms with Gasteiger partial charge in [0.2, 0.25) is 5.75 Å². The zero-order valence-electron chi connectivity index (χ0n) is 14.2. The van der Waals surface area contributed by atoms with Crippen LogP contribution in [0.25, 0.3) is 0 Å². The average Bonchev–Trinajstić information content (AvgIpc) is 2.58. The Morgan fingerprint density at radius 1 is 1.21 bits per heavy atom. The Morgan fingerprint density at radius 3 is 2.42 bits per heavy atom. The molecule has 8 nitrogen and oxygen atoms in total. The van der Waals surface area contributed by atoms with Gasteiger partial charge in [0.05, 0.1) is 34.4 Å². The molecule has 8 heteroatoms. The first-order valence-corrected chi connectivity index (χ1v) is 7.73. The van der Waals surface area contributed by atoms with E-state index in [2.05, 4.69) is 10.6 Å². The van der Waals surface area contributed by atoms with Crippen molar-refractivity contribution >= 4 is 11.8 Å². The van der Waals surface area contributed by atoms with E-state index in [-0.39, 0.29) is 18.4 Å². The molecule has 0 bridgehead atoms. The Bertz CT molecular complexity index is 580. The lowest BCUT2D eigenvalue weighted by Crippen LogP contribution is -3.16. The molecule has 24 heavy (non-hydrogen) atoms. The highest BCUT2D eigenvalue weighted by atomic mass is 16.5. The quantitative estimate of drug-likeness (QED) is 0.554. The topological polar surface area (TPSA) is 90.3 Å². The highest BCUT2D eigenvalue weighted by molar-refractivity contribution is 5.79. The van der Waals surface area contributed by atoms with Gasteiger partial charge in [0.15, 0.2) is 24.6 Å². The van der Waals surface area contributed by atoms with E-state index in [1.165, 1.54) is 0 Å². The third-order valence-electron chi connectivity index (χ3n) is 3.84. The zero-order chi connectivity index (χ0) is 17.5. The minimum atomic E-state index is -0.103. The SMILES string of the molecule is COc1cc(CNC(=O)C[NH+]2CCNC(=O)C2)cc(OC)c1OC. The molecule has 0 saturated carbocycles. The lowest BCUT2D eigenvalue weighted by molar-refractivity contribution is -0.885. The number of carbonyl (C=O) groups excluding carboxylic acids is 2. The molecule has 0 aliphatic carbocycles. The molecule has 1 fully saturated rings. The van der Waals surface area contributed by atoms with Crippen LogP contribution in [-0.4, -0.2) is 59.3 Å². The number of rotatable bonds is 7. The normalized spacial score (nSPS) is 17.0. The van der Waals surface area contributed by atoms with Crippen molar-refractivity contribution < 1.29 is 28.7 Å². The number of ether oxygens (including phenoxy) is 3. The number of piperazine rings is 1. The van der Waals surface area contributed by atoms with Gasteiger partial charge in [-0.3, -0.25) is 9.59 Å². The fraction of sp³-hybridized carbons (Fsp3) is 0.500. The number of amides is 2. The van der Waals surface area contributed by atoms with Crippen molar-refractivity contribution in [3.8, 4) is 17.2 Å². The summed E-state index contributed by atoms with van der Waals surface area (Å²) >= 11 is 0. The van der Waals surface area contributed by atoms with Crippen molar-refractivity contribution in [2.24, 2.45) is 0 Å². The summed E-state index contributed by atoms with van der Waals surface area (Å²) in [5, 5.41) is 5.61. The van der Waals surface area contributed by atoms with Gasteiger partial charge in [-0.05, 0) is 17.7 Å². The summed E-state index contributed by atoms with van der Waals surface area (Å²) in [4.78, 5) is 24.4. The van der Waals surface area contributed by atoms with E-state index in [4.69, 9.17) is 14.2 Å². The van der Waals surface area contributed by atoms with Crippen LogP contribution in [0.5, 0.6) is 17.2 Å². The van der Waals surface area contributed by atoms with Crippen molar-refractivity contribution in [3.05, 3.63) is 17.7 Å². The minimum Gasteiger partial charge on any atom is -0.493 e. The van der Waals surface area contributed by atoms with Crippen molar-refractivity contribution in [1.29, 1.82) is 0 Å². The molecule has 1 aromatic carbocycles. The van der Waals surface area contributed by atoms with Crippen LogP contribution in [0.4, 0.5) is 0 Å². The maximum absolute atomic E-state index is 12.1. The van der Waals surface area contributed by atoms with Crippen LogP contribution in [0.2, 0.25) is 0 Å². The number of quaternary nitrogens is 1. The summed E-state index contributed by atoms with van der Waals surface area (Å²) in [6, 6.07) is 3.59. The first-order chi connectivity index (χ1) is 11.6. The second-order valence-electron chi connectivity index (χ2n) is 5.51. The van der Waals surface area contributed by atoms with Crippen molar-refractivity contribution in [2.45, 2.75) is 6.54 Å². The van der Waals surface area contributed by atoms with E-state index in [1.807, 2.05) is 0 Å². The third kappa shape index (κ3) is 4.51. The molecule has 132 valence electrons. The predicted octanol–water partition coefficient (Wildman–Crippen LogP) is -1.66. The Labute approximate surface area is 141 Å². The highest BCUT2D eigenvalue weighted by Crippen LogP contribution is 2.38. The van der Waals surface area contributed by atoms with Crippen LogP contribution in [0.3, 0.4) is 0 Å². The molecule has 0 spiro atoms. The molecule has 1 saturated heterocycles. The maximum atomic E-state index is 12.1. The number of hydrogen-bond donors (Lipinski definition) is 3. The molecule has 1 heterocycles. The fourth-order valence-electron chi connectivity index (χ4n) is 2.64. The lowest BCUT2D eigenvalue weighted by Gasteiger charge is -2.23. The van der Waals surface area contributed by atoms with Gasteiger partial charge in [0.25, 0.3) is 11.8 Å². The average molecular weight is 338 g/mol. The summed E-state index contributed by atoms with van der Waals surface area (Å²) in [6.07, 6.45) is 0. The summed E-state index contributed by atoms with van der Waals surface area (Å²) in [5.41, 5.74) is 0.837. The largest absolute Gasteiger partial charge is 0.493 e. The summed E-state index contributed by atoms with van der Waals surface area (Å²) in [6.45, 7) is 2.31. The molecule has 0 aromatic heterocycles. The second-order valence-corrected chi connectivity index (χ2v) is 5.51. The molecule has 1 unspecified atom stereocenters. The Balaban J connectivity index is 1.95. The first-order valence-electron chi connectivity index (χ1n) is 7.73. The van der Waals surface area contributed by atoms with Crippen LogP contribution >= 0.6 is 0 Å². The molecule has 3 N–H and O–H groups in total. The predicted molar refractivity (Wildman–Crippen MR) is 86.5 cm³/mol. The number of hydrogen-bond acceptors (Lipinski definition) is 5. The smallest absolute Gasteiger partial charge is 0.275 e. The molecule has 1 aliphatic rings. The molecule has 1 aliphatic heterocycles. The van der Waals surface area contributed by atoms with Gasteiger partial charge in [-0.25, -0.2) is 0 Å². The Kier molecular flexibility index (Phi) is 6.25. The monoisotopic (exact) mass is 338 g/mol. The van der Waals surface area contributed by atoms with Crippen LogP contribution in [0.1, 0.15) is 5.56 Å². The molecule has 2 rings (SSSR count). The standard InChI is InChI=1S/C16H23N3O5/c1-22-12-6-11(7-13(23-2)16(12)24-3)8-18-15(21)10-19-5-4-17-14(20)9-19/h6-7H,4-5,8-10H2,1-3H3,(H,17,20)(H,18,21)/p+1. The van der Waals surface area contributed by atoms with Gasteiger partial charge in [-0.15, -0.1) is 0 Å². The fourth-order valence-corrected chi connectivity index (χ4v) is 2.64. The zero-order valence-corrected chi connectivity index (χ0v) is 14.2. The van der Waals surface area contributed by atoms with Crippen LogP contribution in [-0.2, 0) is 16.1 Å². The van der Waals surface area contributed by atoms with Gasteiger partial charge in [-0.1, -0.05) is 0 Å². The van der Waals surface area contributed by atoms with Crippen molar-refractivity contribution in [2.75, 3.05) is 47.5 Å². The molecule has 1 aromatic rings. The Morgan fingerprint density at radius 2 is 1.88 bits per heavy atom. The number of methoxy groups -OCH3 is 3. The van der Waals surface area contributed by atoms with Crippen molar-refractivity contribution in [3.63, 3.8) is 0 Å².